The van der Waals surface area contributed by atoms with Crippen molar-refractivity contribution in [2.45, 2.75) is 19.4 Å². The molecule has 0 unspecified atom stereocenters. The maximum absolute atomic E-state index is 13.3. The molecule has 0 spiro atoms. The number of allylic oxidation sites excluding steroid dienone is 1. The molecule has 1 N–H and O–H groups in total. The first-order valence-electron chi connectivity index (χ1n) is 8.03. The first kappa shape index (κ1) is 16.8. The highest BCUT2D eigenvalue weighted by atomic mass is 16.5. The Morgan fingerprint density at radius 2 is 1.68 bits per heavy atom. The molecule has 0 atom stereocenters. The molecule has 0 aromatic heterocycles. The van der Waals surface area contributed by atoms with E-state index in [1.807, 2.05) is 74.5 Å². The highest BCUT2D eigenvalue weighted by molar-refractivity contribution is 6.24. The van der Waals surface area contributed by atoms with Crippen molar-refractivity contribution in [1.82, 2.24) is 4.90 Å². The molecular weight excluding hydrogens is 316 g/mol. The molecule has 5 heteroatoms. The van der Waals surface area contributed by atoms with Crippen molar-refractivity contribution in [2.24, 2.45) is 5.16 Å². The van der Waals surface area contributed by atoms with Crippen LogP contribution in [0.15, 0.2) is 71.6 Å². The summed E-state index contributed by atoms with van der Waals surface area (Å²) in [6.07, 6.45) is 1.16. The van der Waals surface area contributed by atoms with Gasteiger partial charge in [0.1, 0.15) is 6.21 Å². The molecular formula is C20H20N2O3. The number of carbonyl (C=O) groups is 1. The lowest BCUT2D eigenvalue weighted by Gasteiger charge is -2.41. The summed E-state index contributed by atoms with van der Waals surface area (Å²) in [5.74, 6) is 0.0972. The molecule has 1 amide bonds. The van der Waals surface area contributed by atoms with Gasteiger partial charge >= 0.3 is 0 Å². The second kappa shape index (κ2) is 6.81. The molecule has 0 fully saturated rings. The normalized spacial score (nSPS) is 15.6. The Morgan fingerprint density at radius 1 is 1.08 bits per heavy atom. The van der Waals surface area contributed by atoms with Gasteiger partial charge in [-0.2, -0.15) is 0 Å². The first-order valence-corrected chi connectivity index (χ1v) is 8.03. The summed E-state index contributed by atoms with van der Waals surface area (Å²) in [7, 11) is 0. The second-order valence-corrected chi connectivity index (χ2v) is 6.28. The smallest absolute Gasteiger partial charge is 0.261 e. The van der Waals surface area contributed by atoms with Crippen LogP contribution in [0, 0.1) is 0 Å². The topological polar surface area (TPSA) is 62.1 Å². The number of amides is 1. The van der Waals surface area contributed by atoms with E-state index in [0.717, 1.165) is 17.3 Å². The molecule has 1 aliphatic heterocycles. The second-order valence-electron chi connectivity index (χ2n) is 6.28. The number of rotatable bonds is 4. The van der Waals surface area contributed by atoms with Gasteiger partial charge in [-0.1, -0.05) is 65.8 Å². The maximum atomic E-state index is 13.3. The Hall–Kier alpha value is -3.08. The van der Waals surface area contributed by atoms with E-state index in [4.69, 9.17) is 9.94 Å². The molecule has 2 aromatic carbocycles. The Labute approximate surface area is 146 Å². The Bertz CT molecular complexity index is 811. The van der Waals surface area contributed by atoms with E-state index in [9.17, 15) is 4.79 Å². The molecule has 0 radical (unpaired) electrons. The van der Waals surface area contributed by atoms with Crippen molar-refractivity contribution in [3.8, 4) is 0 Å². The third-order valence-corrected chi connectivity index (χ3v) is 4.45. The van der Waals surface area contributed by atoms with Crippen molar-refractivity contribution < 1.29 is 14.7 Å². The Balaban J connectivity index is 2.05. The van der Waals surface area contributed by atoms with Crippen molar-refractivity contribution in [1.29, 1.82) is 0 Å². The zero-order valence-electron chi connectivity index (χ0n) is 14.2. The molecule has 2 aromatic rings. The zero-order valence-corrected chi connectivity index (χ0v) is 14.2. The van der Waals surface area contributed by atoms with Crippen molar-refractivity contribution in [3.05, 3.63) is 77.5 Å². The third kappa shape index (κ3) is 3.13. The number of hydrogen-bond donors (Lipinski definition) is 1. The van der Waals surface area contributed by atoms with Crippen molar-refractivity contribution in [2.75, 3.05) is 6.73 Å². The van der Waals surface area contributed by atoms with Gasteiger partial charge in [-0.3, -0.25) is 9.69 Å². The maximum Gasteiger partial charge on any atom is 0.261 e. The first-order chi connectivity index (χ1) is 12.1. The summed E-state index contributed by atoms with van der Waals surface area (Å²) in [5.41, 5.74) is 1.56. The monoisotopic (exact) mass is 336 g/mol. The molecule has 0 aliphatic carbocycles. The number of ether oxygens (including phenoxy) is 1. The summed E-state index contributed by atoms with van der Waals surface area (Å²) in [4.78, 5) is 15.0. The van der Waals surface area contributed by atoms with E-state index in [0.29, 0.717) is 5.57 Å². The molecule has 0 bridgehead atoms. The minimum atomic E-state index is -0.555. The number of benzene rings is 2. The minimum absolute atomic E-state index is 0.0818. The number of hydrogen-bond acceptors (Lipinski definition) is 4. The highest BCUT2D eigenvalue weighted by Gasteiger charge is 2.38. The summed E-state index contributed by atoms with van der Waals surface area (Å²) in [6.45, 7) is 4.05. The number of carbonyl (C=O) groups excluding carboxylic acids is 1. The lowest BCUT2D eigenvalue weighted by molar-refractivity contribution is -0.139. The summed E-state index contributed by atoms with van der Waals surface area (Å²) < 4.78 is 5.75. The average molecular weight is 336 g/mol. The summed E-state index contributed by atoms with van der Waals surface area (Å²) >= 11 is 0. The third-order valence-electron chi connectivity index (χ3n) is 4.45. The number of oxime groups is 1. The van der Waals surface area contributed by atoms with Crippen LogP contribution in [0.25, 0.3) is 5.57 Å². The van der Waals surface area contributed by atoms with Gasteiger partial charge in [0.15, 0.2) is 12.5 Å². The van der Waals surface area contributed by atoms with Gasteiger partial charge in [0.2, 0.25) is 0 Å². The quantitative estimate of drug-likeness (QED) is 0.527. The van der Waals surface area contributed by atoms with Crippen molar-refractivity contribution in [3.63, 3.8) is 0 Å². The van der Waals surface area contributed by atoms with Crippen LogP contribution in [0.5, 0.6) is 0 Å². The average Bonchev–Trinajstić information content (AvgIpc) is 2.63. The molecule has 0 saturated heterocycles. The van der Waals surface area contributed by atoms with E-state index in [2.05, 4.69) is 5.16 Å². The fourth-order valence-corrected chi connectivity index (χ4v) is 2.95. The zero-order chi connectivity index (χ0) is 17.9. The van der Waals surface area contributed by atoms with Crippen LogP contribution in [0.4, 0.5) is 0 Å². The molecule has 0 saturated carbocycles. The Kier molecular flexibility index (Phi) is 4.57. The predicted octanol–water partition coefficient (Wildman–Crippen LogP) is 3.61. The molecule has 1 heterocycles. The van der Waals surface area contributed by atoms with Gasteiger partial charge in [0, 0.05) is 0 Å². The lowest BCUT2D eigenvalue weighted by atomic mass is 9.90. The molecule has 25 heavy (non-hydrogen) atoms. The van der Waals surface area contributed by atoms with Gasteiger partial charge in [-0.15, -0.1) is 0 Å². The van der Waals surface area contributed by atoms with E-state index in [1.165, 1.54) is 0 Å². The fraction of sp³-hybridized carbons (Fsp3) is 0.200. The SMILES string of the molecule is CC(C)(c1ccccc1)N1COC(C=NO)=C(c2ccccc2)C1=O. The van der Waals surface area contributed by atoms with Gasteiger partial charge in [-0.25, -0.2) is 0 Å². The van der Waals surface area contributed by atoms with Gasteiger partial charge in [0.25, 0.3) is 5.91 Å². The predicted molar refractivity (Wildman–Crippen MR) is 95.9 cm³/mol. The van der Waals surface area contributed by atoms with Crippen LogP contribution in [0.2, 0.25) is 0 Å². The van der Waals surface area contributed by atoms with E-state index >= 15 is 0 Å². The minimum Gasteiger partial charge on any atom is -0.470 e. The van der Waals surface area contributed by atoms with Crippen LogP contribution in [0.1, 0.15) is 25.0 Å². The standard InChI is InChI=1S/C20H20N2O3/c1-20(2,16-11-7-4-8-12-16)22-14-25-17(13-21-24)18(19(22)23)15-9-5-3-6-10-15/h3-13,24H,14H2,1-2H3. The van der Waals surface area contributed by atoms with Crippen LogP contribution in [-0.2, 0) is 15.1 Å². The molecule has 5 nitrogen and oxygen atoms in total. The lowest BCUT2D eigenvalue weighted by Crippen LogP contribution is -2.49. The summed E-state index contributed by atoms with van der Waals surface area (Å²) in [6, 6.07) is 19.1. The van der Waals surface area contributed by atoms with E-state index in [-0.39, 0.29) is 18.4 Å². The fourth-order valence-electron chi connectivity index (χ4n) is 2.95. The summed E-state index contributed by atoms with van der Waals surface area (Å²) in [5, 5.41) is 11.9. The largest absolute Gasteiger partial charge is 0.470 e. The number of nitrogens with zero attached hydrogens (tertiary/aromatic N) is 2. The van der Waals surface area contributed by atoms with Crippen LogP contribution in [-0.4, -0.2) is 29.0 Å². The molecule has 1 aliphatic rings. The van der Waals surface area contributed by atoms with Gasteiger partial charge in [-0.05, 0) is 25.0 Å². The molecule has 3 rings (SSSR count). The van der Waals surface area contributed by atoms with E-state index < -0.39 is 5.54 Å². The van der Waals surface area contributed by atoms with E-state index in [1.54, 1.807) is 4.90 Å². The van der Waals surface area contributed by atoms with Crippen LogP contribution in [0.3, 0.4) is 0 Å². The Morgan fingerprint density at radius 3 is 2.28 bits per heavy atom. The molecule has 128 valence electrons. The van der Waals surface area contributed by atoms with Crippen LogP contribution < -0.4 is 0 Å². The van der Waals surface area contributed by atoms with Gasteiger partial charge < -0.3 is 9.94 Å². The van der Waals surface area contributed by atoms with Crippen molar-refractivity contribution >= 4 is 17.7 Å². The van der Waals surface area contributed by atoms with Crippen LogP contribution >= 0.6 is 0 Å². The highest BCUT2D eigenvalue weighted by Crippen LogP contribution is 2.34. The van der Waals surface area contributed by atoms with Gasteiger partial charge in [0.05, 0.1) is 11.1 Å².